The Bertz CT molecular complexity index is 577. The molecule has 2 spiro atoms. The molecule has 146 valence electrons. The molecule has 0 amide bonds. The Morgan fingerprint density at radius 1 is 0.962 bits per heavy atom. The third-order valence-corrected chi connectivity index (χ3v) is 8.04. The summed E-state index contributed by atoms with van der Waals surface area (Å²) < 4.78 is 23.6. The van der Waals surface area contributed by atoms with E-state index in [0.29, 0.717) is 25.0 Å². The smallest absolute Gasteiger partial charge is 0.171 e. The fraction of sp³-hybridized carbons (Fsp3) is 0.905. The van der Waals surface area contributed by atoms with Gasteiger partial charge in [0.1, 0.15) is 0 Å². The predicted molar refractivity (Wildman–Crippen MR) is 95.4 cm³/mol. The van der Waals surface area contributed by atoms with E-state index in [2.05, 4.69) is 12.2 Å². The van der Waals surface area contributed by atoms with Gasteiger partial charge < -0.3 is 24.1 Å². The van der Waals surface area contributed by atoms with Crippen LogP contribution in [0.15, 0.2) is 12.2 Å². The van der Waals surface area contributed by atoms with Crippen LogP contribution >= 0.6 is 0 Å². The van der Waals surface area contributed by atoms with E-state index in [1.807, 2.05) is 6.92 Å². The molecule has 2 aliphatic heterocycles. The largest absolute Gasteiger partial charge is 0.385 e. The lowest BCUT2D eigenvalue weighted by molar-refractivity contribution is -0.227. The lowest BCUT2D eigenvalue weighted by Crippen LogP contribution is -2.54. The first-order valence-electron chi connectivity index (χ1n) is 10.5. The number of ether oxygens (including phenoxy) is 4. The second kappa shape index (κ2) is 6.02. The predicted octanol–water partition coefficient (Wildman–Crippen LogP) is 3.16. The van der Waals surface area contributed by atoms with Crippen LogP contribution in [0.4, 0.5) is 0 Å². The second-order valence-corrected chi connectivity index (χ2v) is 9.25. The van der Waals surface area contributed by atoms with Gasteiger partial charge in [-0.3, -0.25) is 0 Å². The van der Waals surface area contributed by atoms with E-state index in [-0.39, 0.29) is 11.2 Å². The first kappa shape index (κ1) is 17.6. The van der Waals surface area contributed by atoms with Gasteiger partial charge >= 0.3 is 0 Å². The highest BCUT2D eigenvalue weighted by molar-refractivity contribution is 5.23. The van der Waals surface area contributed by atoms with Crippen molar-refractivity contribution in [3.8, 4) is 0 Å². The SMILES string of the molecule is CC1(CCCC2(O)C=CC[C@H]3C[C@@H]4C[C@@]32CCC42OCCO2)OCCO1. The molecule has 0 aromatic heterocycles. The summed E-state index contributed by atoms with van der Waals surface area (Å²) in [5, 5.41) is 11.8. The van der Waals surface area contributed by atoms with Crippen LogP contribution in [-0.2, 0) is 18.9 Å². The summed E-state index contributed by atoms with van der Waals surface area (Å²) >= 11 is 0. The van der Waals surface area contributed by atoms with Gasteiger partial charge in [0.15, 0.2) is 11.6 Å². The normalized spacial score (nSPS) is 45.3. The molecular weight excluding hydrogens is 332 g/mol. The summed E-state index contributed by atoms with van der Waals surface area (Å²) in [5.74, 6) is 0.146. The van der Waals surface area contributed by atoms with Gasteiger partial charge in [0.05, 0.1) is 32.0 Å². The Kier molecular flexibility index (Phi) is 4.08. The van der Waals surface area contributed by atoms with E-state index in [1.54, 1.807) is 0 Å². The minimum absolute atomic E-state index is 0.00866. The van der Waals surface area contributed by atoms with E-state index >= 15 is 0 Å². The van der Waals surface area contributed by atoms with E-state index in [1.165, 1.54) is 0 Å². The highest BCUT2D eigenvalue weighted by atomic mass is 16.7. The van der Waals surface area contributed by atoms with Crippen LogP contribution in [0.3, 0.4) is 0 Å². The Balaban J connectivity index is 1.33. The Hall–Kier alpha value is -0.460. The molecule has 26 heavy (non-hydrogen) atoms. The topological polar surface area (TPSA) is 57.2 Å². The highest BCUT2D eigenvalue weighted by Crippen LogP contribution is 2.67. The van der Waals surface area contributed by atoms with E-state index in [9.17, 15) is 5.11 Å². The summed E-state index contributed by atoms with van der Waals surface area (Å²) in [6.07, 6.45) is 12.0. The molecule has 1 unspecified atom stereocenters. The van der Waals surface area contributed by atoms with Crippen molar-refractivity contribution in [3.05, 3.63) is 12.2 Å². The van der Waals surface area contributed by atoms with Crippen molar-refractivity contribution in [1.29, 1.82) is 0 Å². The van der Waals surface area contributed by atoms with Crippen LogP contribution < -0.4 is 0 Å². The summed E-state index contributed by atoms with van der Waals surface area (Å²) in [4.78, 5) is 0. The average Bonchev–Trinajstić information content (AvgIpc) is 3.31. The first-order chi connectivity index (χ1) is 12.5. The maximum absolute atomic E-state index is 11.8. The molecule has 2 bridgehead atoms. The monoisotopic (exact) mass is 364 g/mol. The van der Waals surface area contributed by atoms with Crippen LogP contribution in [0.2, 0.25) is 0 Å². The molecule has 5 rings (SSSR count). The Morgan fingerprint density at radius 2 is 1.69 bits per heavy atom. The van der Waals surface area contributed by atoms with Gasteiger partial charge in [-0.15, -0.1) is 0 Å². The maximum atomic E-state index is 11.8. The van der Waals surface area contributed by atoms with Gasteiger partial charge in [0.25, 0.3) is 0 Å². The minimum atomic E-state index is -0.722. The van der Waals surface area contributed by atoms with Crippen molar-refractivity contribution in [2.45, 2.75) is 75.5 Å². The molecule has 3 aliphatic carbocycles. The fourth-order valence-corrected chi connectivity index (χ4v) is 6.73. The molecule has 2 heterocycles. The molecule has 5 nitrogen and oxygen atoms in total. The third-order valence-electron chi connectivity index (χ3n) is 8.04. The Labute approximate surface area is 156 Å². The molecule has 2 saturated heterocycles. The van der Waals surface area contributed by atoms with Crippen LogP contribution in [0, 0.1) is 17.3 Å². The minimum Gasteiger partial charge on any atom is -0.385 e. The van der Waals surface area contributed by atoms with Crippen molar-refractivity contribution >= 4 is 0 Å². The average molecular weight is 364 g/mol. The van der Waals surface area contributed by atoms with Gasteiger partial charge in [-0.25, -0.2) is 0 Å². The number of aliphatic hydroxyl groups is 1. The van der Waals surface area contributed by atoms with Gasteiger partial charge in [0, 0.05) is 24.2 Å². The van der Waals surface area contributed by atoms with Gasteiger partial charge in [-0.2, -0.15) is 0 Å². The van der Waals surface area contributed by atoms with E-state index in [0.717, 1.165) is 64.6 Å². The maximum Gasteiger partial charge on any atom is 0.171 e. The molecular formula is C21H32O5. The van der Waals surface area contributed by atoms with Crippen LogP contribution in [0.5, 0.6) is 0 Å². The van der Waals surface area contributed by atoms with Gasteiger partial charge in [-0.05, 0) is 51.4 Å². The summed E-state index contributed by atoms with van der Waals surface area (Å²) in [5.41, 5.74) is -0.731. The lowest BCUT2D eigenvalue weighted by Gasteiger charge is -2.53. The summed E-state index contributed by atoms with van der Waals surface area (Å²) in [7, 11) is 0. The highest BCUT2D eigenvalue weighted by Gasteiger charge is 2.66. The molecule has 0 aromatic carbocycles. The molecule has 0 aromatic rings. The van der Waals surface area contributed by atoms with Crippen LogP contribution in [-0.4, -0.2) is 48.7 Å². The number of hydrogen-bond donors (Lipinski definition) is 1. The molecule has 1 N–H and O–H groups in total. The summed E-state index contributed by atoms with van der Waals surface area (Å²) in [6.45, 7) is 4.81. The fourth-order valence-electron chi connectivity index (χ4n) is 6.73. The Morgan fingerprint density at radius 3 is 2.46 bits per heavy atom. The third kappa shape index (κ3) is 2.47. The number of hydrogen-bond acceptors (Lipinski definition) is 5. The van der Waals surface area contributed by atoms with Crippen molar-refractivity contribution in [2.24, 2.45) is 17.3 Å². The van der Waals surface area contributed by atoms with Gasteiger partial charge in [0.2, 0.25) is 0 Å². The molecule has 0 radical (unpaired) electrons. The number of fused-ring (bicyclic) bond motifs is 2. The lowest BCUT2D eigenvalue weighted by atomic mass is 9.56. The van der Waals surface area contributed by atoms with Crippen molar-refractivity contribution < 1.29 is 24.1 Å². The first-order valence-corrected chi connectivity index (χ1v) is 10.5. The quantitative estimate of drug-likeness (QED) is 0.777. The second-order valence-electron chi connectivity index (χ2n) is 9.25. The van der Waals surface area contributed by atoms with Crippen molar-refractivity contribution in [3.63, 3.8) is 0 Å². The molecule has 4 atom stereocenters. The molecule has 5 aliphatic rings. The van der Waals surface area contributed by atoms with Crippen LogP contribution in [0.1, 0.15) is 58.3 Å². The molecule has 4 fully saturated rings. The van der Waals surface area contributed by atoms with Crippen molar-refractivity contribution in [1.82, 2.24) is 0 Å². The summed E-state index contributed by atoms with van der Waals surface area (Å²) in [6, 6.07) is 0. The van der Waals surface area contributed by atoms with Crippen LogP contribution in [0.25, 0.3) is 0 Å². The van der Waals surface area contributed by atoms with E-state index < -0.39 is 11.4 Å². The van der Waals surface area contributed by atoms with E-state index in [4.69, 9.17) is 18.9 Å². The molecule has 5 heteroatoms. The zero-order valence-corrected chi connectivity index (χ0v) is 15.9. The zero-order valence-electron chi connectivity index (χ0n) is 15.9. The zero-order chi connectivity index (χ0) is 17.9. The standard InChI is InChI=1S/C21H32O5/c1-18(23-10-11-24-18)5-3-7-20(22)6-2-4-16-14-17-15-19(16,20)8-9-21(17)25-12-13-26-21/h2,6,16-17,22H,3-5,7-15H2,1H3/t16-,17+,19-,20?/m0/s1. The number of rotatable bonds is 4. The molecule has 2 saturated carbocycles. The number of allylic oxidation sites excluding steroid dienone is 1. The van der Waals surface area contributed by atoms with Crippen molar-refractivity contribution in [2.75, 3.05) is 26.4 Å². The van der Waals surface area contributed by atoms with Gasteiger partial charge in [-0.1, -0.05) is 12.2 Å².